The lowest BCUT2D eigenvalue weighted by molar-refractivity contribution is -0.116. The predicted molar refractivity (Wildman–Crippen MR) is 141 cm³/mol. The van der Waals surface area contributed by atoms with Gasteiger partial charge in [-0.25, -0.2) is 4.79 Å². The van der Waals surface area contributed by atoms with Crippen molar-refractivity contribution in [2.75, 3.05) is 17.2 Å². The van der Waals surface area contributed by atoms with Gasteiger partial charge in [-0.2, -0.15) is 0 Å². The fraction of sp³-hybridized carbons (Fsp3) is 0.276. The van der Waals surface area contributed by atoms with Crippen LogP contribution >= 0.6 is 0 Å². The van der Waals surface area contributed by atoms with Gasteiger partial charge in [0.1, 0.15) is 5.75 Å². The maximum absolute atomic E-state index is 12.4. The Balaban J connectivity index is 1.37. The second-order valence-electron chi connectivity index (χ2n) is 8.58. The minimum absolute atomic E-state index is 0.0882. The number of hydrogen-bond donors (Lipinski definition) is 3. The Hall–Kier alpha value is -4.13. The largest absolute Gasteiger partial charge is 0.494 e. The summed E-state index contributed by atoms with van der Waals surface area (Å²) >= 11 is 0. The van der Waals surface area contributed by atoms with Crippen molar-refractivity contribution in [1.29, 1.82) is 0 Å². The summed E-state index contributed by atoms with van der Waals surface area (Å²) in [5.41, 5.74) is 2.83. The minimum Gasteiger partial charge on any atom is -0.494 e. The molecule has 0 aromatic heterocycles. The highest BCUT2D eigenvalue weighted by atomic mass is 16.5. The molecule has 0 fully saturated rings. The van der Waals surface area contributed by atoms with Crippen LogP contribution in [0.1, 0.15) is 54.1 Å². The molecular weight excluding hydrogens is 456 g/mol. The summed E-state index contributed by atoms with van der Waals surface area (Å²) in [6.07, 6.45) is 5.15. The van der Waals surface area contributed by atoms with Crippen LogP contribution in [0.2, 0.25) is 0 Å². The topological polar surface area (TPSA) is 105 Å². The van der Waals surface area contributed by atoms with E-state index in [1.54, 1.807) is 6.07 Å². The van der Waals surface area contributed by atoms with E-state index in [1.807, 2.05) is 30.3 Å². The number of aryl methyl sites for hydroxylation is 2. The fourth-order valence-electron chi connectivity index (χ4n) is 3.77. The molecule has 2 amide bonds. The van der Waals surface area contributed by atoms with Gasteiger partial charge in [0, 0.05) is 19.0 Å². The predicted octanol–water partition coefficient (Wildman–Crippen LogP) is 5.71. The van der Waals surface area contributed by atoms with Crippen LogP contribution in [0.25, 0.3) is 0 Å². The number of carboxylic acid groups (broad SMARTS) is 1. The number of rotatable bonds is 13. The van der Waals surface area contributed by atoms with Gasteiger partial charge in [0.25, 0.3) is 0 Å². The van der Waals surface area contributed by atoms with E-state index >= 15 is 0 Å². The van der Waals surface area contributed by atoms with Gasteiger partial charge in [-0.15, -0.1) is 0 Å². The molecule has 0 aliphatic rings. The molecule has 0 heterocycles. The molecule has 0 saturated carbocycles. The molecule has 188 valence electrons. The molecule has 0 aliphatic carbocycles. The van der Waals surface area contributed by atoms with Crippen molar-refractivity contribution in [3.8, 4) is 5.75 Å². The summed E-state index contributed by atoms with van der Waals surface area (Å²) in [7, 11) is 0. The SMILES string of the molecule is CC(=O)Nc1ccc(NC(=O)CCc2ccc(OCCCCCc3ccccc3)cc2)cc1C(=O)O. The molecule has 0 radical (unpaired) electrons. The number of benzene rings is 3. The van der Waals surface area contributed by atoms with Gasteiger partial charge in [-0.05, 0) is 73.6 Å². The lowest BCUT2D eigenvalue weighted by Crippen LogP contribution is -2.14. The molecular formula is C29H32N2O5. The summed E-state index contributed by atoms with van der Waals surface area (Å²) < 4.78 is 5.83. The Bertz CT molecular complexity index is 1160. The molecule has 3 aromatic rings. The maximum Gasteiger partial charge on any atom is 0.337 e. The van der Waals surface area contributed by atoms with Crippen molar-refractivity contribution in [3.05, 3.63) is 89.5 Å². The van der Waals surface area contributed by atoms with E-state index in [9.17, 15) is 19.5 Å². The summed E-state index contributed by atoms with van der Waals surface area (Å²) in [6.45, 7) is 1.98. The van der Waals surface area contributed by atoms with E-state index in [0.29, 0.717) is 18.7 Å². The number of nitrogens with one attached hydrogen (secondary N) is 2. The number of carbonyl (C=O) groups is 3. The lowest BCUT2D eigenvalue weighted by Gasteiger charge is -2.11. The maximum atomic E-state index is 12.4. The highest BCUT2D eigenvalue weighted by Crippen LogP contribution is 2.21. The van der Waals surface area contributed by atoms with Crippen LogP contribution in [-0.2, 0) is 22.4 Å². The zero-order valence-corrected chi connectivity index (χ0v) is 20.5. The van der Waals surface area contributed by atoms with Crippen LogP contribution in [0.15, 0.2) is 72.8 Å². The van der Waals surface area contributed by atoms with Crippen molar-refractivity contribution < 1.29 is 24.2 Å². The number of amides is 2. The minimum atomic E-state index is -1.19. The Morgan fingerprint density at radius 2 is 1.53 bits per heavy atom. The van der Waals surface area contributed by atoms with Crippen LogP contribution in [0.4, 0.5) is 11.4 Å². The average Bonchev–Trinajstić information content (AvgIpc) is 2.86. The van der Waals surface area contributed by atoms with Gasteiger partial charge >= 0.3 is 5.97 Å². The molecule has 0 aliphatic heterocycles. The van der Waals surface area contributed by atoms with Crippen LogP contribution in [0.3, 0.4) is 0 Å². The van der Waals surface area contributed by atoms with Crippen molar-refractivity contribution in [3.63, 3.8) is 0 Å². The molecule has 0 bridgehead atoms. The lowest BCUT2D eigenvalue weighted by atomic mass is 10.1. The van der Waals surface area contributed by atoms with E-state index in [-0.39, 0.29) is 29.5 Å². The van der Waals surface area contributed by atoms with Gasteiger partial charge in [-0.1, -0.05) is 42.5 Å². The number of carbonyl (C=O) groups excluding carboxylic acids is 2. The molecule has 3 aromatic carbocycles. The molecule has 0 spiro atoms. The standard InChI is InChI=1S/C29H32N2O5/c1-21(32)30-27-17-14-24(20-26(27)29(34)35)31-28(33)18-13-23-11-15-25(16-12-23)36-19-7-3-6-10-22-8-4-2-5-9-22/h2,4-5,8-9,11-12,14-17,20H,3,6-7,10,13,18-19H2,1H3,(H,30,32)(H,31,33)(H,34,35). The van der Waals surface area contributed by atoms with Gasteiger partial charge in [0.15, 0.2) is 0 Å². The number of anilines is 2. The van der Waals surface area contributed by atoms with Gasteiger partial charge in [-0.3, -0.25) is 9.59 Å². The van der Waals surface area contributed by atoms with Crippen molar-refractivity contribution in [2.24, 2.45) is 0 Å². The first-order valence-corrected chi connectivity index (χ1v) is 12.1. The summed E-state index contributed by atoms with van der Waals surface area (Å²) in [5, 5.41) is 14.6. The molecule has 0 unspecified atom stereocenters. The van der Waals surface area contributed by atoms with E-state index in [4.69, 9.17) is 4.74 Å². The van der Waals surface area contributed by atoms with E-state index in [1.165, 1.54) is 24.6 Å². The second kappa shape index (κ2) is 13.7. The van der Waals surface area contributed by atoms with E-state index in [2.05, 4.69) is 34.9 Å². The molecule has 3 N–H and O–H groups in total. The molecule has 7 nitrogen and oxygen atoms in total. The summed E-state index contributed by atoms with van der Waals surface area (Å²) in [6, 6.07) is 22.6. The first-order chi connectivity index (χ1) is 17.4. The number of carboxylic acids is 1. The third kappa shape index (κ3) is 8.91. The van der Waals surface area contributed by atoms with Crippen LogP contribution in [-0.4, -0.2) is 29.5 Å². The monoisotopic (exact) mass is 488 g/mol. The first-order valence-electron chi connectivity index (χ1n) is 12.1. The van der Waals surface area contributed by atoms with Gasteiger partial charge in [0.05, 0.1) is 17.9 Å². The smallest absolute Gasteiger partial charge is 0.337 e. The Labute approximate surface area is 211 Å². The Morgan fingerprint density at radius 3 is 2.22 bits per heavy atom. The normalized spacial score (nSPS) is 10.5. The third-order valence-corrected chi connectivity index (χ3v) is 5.63. The first kappa shape index (κ1) is 26.5. The van der Waals surface area contributed by atoms with E-state index in [0.717, 1.165) is 37.0 Å². The fourth-order valence-corrected chi connectivity index (χ4v) is 3.77. The quantitative estimate of drug-likeness (QED) is 0.268. The van der Waals surface area contributed by atoms with Crippen molar-refractivity contribution >= 4 is 29.2 Å². The molecule has 0 atom stereocenters. The van der Waals surface area contributed by atoms with Gasteiger partial charge in [0.2, 0.25) is 11.8 Å². The number of aromatic carboxylic acids is 1. The van der Waals surface area contributed by atoms with Crippen molar-refractivity contribution in [2.45, 2.75) is 45.4 Å². The van der Waals surface area contributed by atoms with E-state index < -0.39 is 5.97 Å². The zero-order chi connectivity index (χ0) is 25.8. The summed E-state index contributed by atoms with van der Waals surface area (Å²) in [5.74, 6) is -0.977. The third-order valence-electron chi connectivity index (χ3n) is 5.63. The average molecular weight is 489 g/mol. The highest BCUT2D eigenvalue weighted by Gasteiger charge is 2.13. The van der Waals surface area contributed by atoms with Crippen molar-refractivity contribution in [1.82, 2.24) is 0 Å². The summed E-state index contributed by atoms with van der Waals surface area (Å²) in [4.78, 5) is 35.1. The van der Waals surface area contributed by atoms with Crippen LogP contribution in [0, 0.1) is 0 Å². The van der Waals surface area contributed by atoms with Gasteiger partial charge < -0.3 is 20.5 Å². The molecule has 3 rings (SSSR count). The van der Waals surface area contributed by atoms with Crippen LogP contribution in [0.5, 0.6) is 5.75 Å². The Morgan fingerprint density at radius 1 is 0.806 bits per heavy atom. The molecule has 0 saturated heterocycles. The van der Waals surface area contributed by atoms with Crippen LogP contribution < -0.4 is 15.4 Å². The molecule has 36 heavy (non-hydrogen) atoms. The number of ether oxygens (including phenoxy) is 1. The Kier molecular flexibility index (Phi) is 10.1. The number of unbranched alkanes of at least 4 members (excludes halogenated alkanes) is 2. The molecule has 7 heteroatoms. The second-order valence-corrected chi connectivity index (χ2v) is 8.58. The number of hydrogen-bond acceptors (Lipinski definition) is 4. The highest BCUT2D eigenvalue weighted by molar-refractivity contribution is 6.01. The zero-order valence-electron chi connectivity index (χ0n) is 20.5.